The summed E-state index contributed by atoms with van der Waals surface area (Å²) in [7, 11) is 0. The predicted octanol–water partition coefficient (Wildman–Crippen LogP) is 2.76. The molecule has 0 bridgehead atoms. The summed E-state index contributed by atoms with van der Waals surface area (Å²) >= 11 is 0. The smallest absolute Gasteiger partial charge is 0.333 e. The fourth-order valence-corrected chi connectivity index (χ4v) is 2.52. The van der Waals surface area contributed by atoms with Crippen LogP contribution >= 0.6 is 0 Å². The first-order chi connectivity index (χ1) is 8.08. The van der Waals surface area contributed by atoms with Gasteiger partial charge >= 0.3 is 5.97 Å². The predicted molar refractivity (Wildman–Crippen MR) is 69.9 cm³/mol. The third-order valence-electron chi connectivity index (χ3n) is 3.59. The van der Waals surface area contributed by atoms with Crippen LogP contribution in [-0.4, -0.2) is 36.1 Å². The maximum atomic E-state index is 11.4. The Hall–Kier alpha value is -0.830. The summed E-state index contributed by atoms with van der Waals surface area (Å²) < 4.78 is 5.39. The fourth-order valence-electron chi connectivity index (χ4n) is 2.52. The van der Waals surface area contributed by atoms with Crippen molar-refractivity contribution in [1.82, 2.24) is 4.90 Å². The molecule has 0 aliphatic heterocycles. The molecule has 1 aliphatic carbocycles. The Labute approximate surface area is 105 Å². The van der Waals surface area contributed by atoms with Gasteiger partial charge in [0.2, 0.25) is 0 Å². The Bertz CT molecular complexity index is 263. The van der Waals surface area contributed by atoms with Crippen LogP contribution in [-0.2, 0) is 9.53 Å². The van der Waals surface area contributed by atoms with Gasteiger partial charge in [-0.05, 0) is 45.7 Å². The van der Waals surface area contributed by atoms with Crippen molar-refractivity contribution >= 4 is 5.97 Å². The molecule has 3 nitrogen and oxygen atoms in total. The van der Waals surface area contributed by atoms with Gasteiger partial charge in [-0.25, -0.2) is 4.79 Å². The van der Waals surface area contributed by atoms with Crippen molar-refractivity contribution < 1.29 is 9.53 Å². The molecular weight excluding hydrogens is 214 g/mol. The molecule has 0 saturated heterocycles. The highest BCUT2D eigenvalue weighted by molar-refractivity contribution is 5.87. The number of nitrogens with zero attached hydrogens (tertiary/aromatic N) is 1. The molecule has 0 N–H and O–H groups in total. The minimum Gasteiger partial charge on any atom is -0.459 e. The lowest BCUT2D eigenvalue weighted by Gasteiger charge is -2.35. The van der Waals surface area contributed by atoms with Crippen molar-refractivity contribution in [2.75, 3.05) is 13.1 Å². The monoisotopic (exact) mass is 239 g/mol. The number of carbonyl (C=O) groups excluding carboxylic acids is 1. The molecule has 0 amide bonds. The first-order valence-corrected chi connectivity index (χ1v) is 6.69. The van der Waals surface area contributed by atoms with E-state index in [9.17, 15) is 4.79 Å². The Morgan fingerprint density at radius 2 is 1.76 bits per heavy atom. The average Bonchev–Trinajstić information content (AvgIpc) is 2.32. The molecule has 0 aromatic carbocycles. The van der Waals surface area contributed by atoms with E-state index in [1.807, 2.05) is 0 Å². The van der Waals surface area contributed by atoms with Crippen molar-refractivity contribution in [3.63, 3.8) is 0 Å². The van der Waals surface area contributed by atoms with Crippen LogP contribution in [0.4, 0.5) is 0 Å². The first-order valence-electron chi connectivity index (χ1n) is 6.69. The molecule has 1 rings (SSSR count). The fraction of sp³-hybridized carbons (Fsp3) is 0.786. The number of hydrogen-bond donors (Lipinski definition) is 0. The van der Waals surface area contributed by atoms with Gasteiger partial charge in [-0.1, -0.05) is 20.4 Å². The van der Waals surface area contributed by atoms with Crippen LogP contribution < -0.4 is 0 Å². The molecule has 0 spiro atoms. The molecule has 3 heteroatoms. The largest absolute Gasteiger partial charge is 0.459 e. The van der Waals surface area contributed by atoms with Crippen LogP contribution in [0.5, 0.6) is 0 Å². The van der Waals surface area contributed by atoms with Crippen molar-refractivity contribution in [2.24, 2.45) is 0 Å². The van der Waals surface area contributed by atoms with E-state index in [0.29, 0.717) is 11.6 Å². The highest BCUT2D eigenvalue weighted by Crippen LogP contribution is 2.25. The van der Waals surface area contributed by atoms with Gasteiger partial charge in [0.1, 0.15) is 6.10 Å². The average molecular weight is 239 g/mol. The van der Waals surface area contributed by atoms with Crippen molar-refractivity contribution in [3.8, 4) is 0 Å². The molecule has 0 unspecified atom stereocenters. The SMILES string of the molecule is C=C(C)C(=O)OC1CCC(N(CC)CC)CC1. The van der Waals surface area contributed by atoms with Crippen LogP contribution in [0.1, 0.15) is 46.5 Å². The number of hydrogen-bond acceptors (Lipinski definition) is 3. The van der Waals surface area contributed by atoms with Gasteiger partial charge < -0.3 is 9.64 Å². The van der Waals surface area contributed by atoms with Crippen LogP contribution in [0.25, 0.3) is 0 Å². The van der Waals surface area contributed by atoms with E-state index in [4.69, 9.17) is 4.74 Å². The summed E-state index contributed by atoms with van der Waals surface area (Å²) in [4.78, 5) is 13.9. The lowest BCUT2D eigenvalue weighted by molar-refractivity contribution is -0.146. The second-order valence-corrected chi connectivity index (χ2v) is 4.84. The van der Waals surface area contributed by atoms with Gasteiger partial charge in [0, 0.05) is 11.6 Å². The normalized spacial score (nSPS) is 24.7. The molecule has 1 saturated carbocycles. The quantitative estimate of drug-likeness (QED) is 0.546. The standard InChI is InChI=1S/C14H25NO2/c1-5-15(6-2)12-7-9-13(10-8-12)17-14(16)11(3)4/h12-13H,3,5-10H2,1-2,4H3. The molecular formula is C14H25NO2. The van der Waals surface area contributed by atoms with E-state index in [0.717, 1.165) is 38.8 Å². The lowest BCUT2D eigenvalue weighted by Crippen LogP contribution is -2.39. The van der Waals surface area contributed by atoms with Gasteiger partial charge in [-0.2, -0.15) is 0 Å². The number of esters is 1. The first kappa shape index (κ1) is 14.2. The zero-order chi connectivity index (χ0) is 12.8. The van der Waals surface area contributed by atoms with E-state index in [1.54, 1.807) is 6.92 Å². The third-order valence-corrected chi connectivity index (χ3v) is 3.59. The Morgan fingerprint density at radius 3 is 2.18 bits per heavy atom. The molecule has 0 atom stereocenters. The minimum atomic E-state index is -0.240. The molecule has 0 aromatic rings. The van der Waals surface area contributed by atoms with E-state index in [2.05, 4.69) is 25.3 Å². The van der Waals surface area contributed by atoms with Gasteiger partial charge in [0.05, 0.1) is 0 Å². The zero-order valence-electron chi connectivity index (χ0n) is 11.4. The molecule has 1 aliphatic rings. The summed E-state index contributed by atoms with van der Waals surface area (Å²) in [5.41, 5.74) is 0.496. The summed E-state index contributed by atoms with van der Waals surface area (Å²) in [6, 6.07) is 0.671. The molecule has 0 aromatic heterocycles. The summed E-state index contributed by atoms with van der Waals surface area (Å²) in [5.74, 6) is -0.240. The lowest BCUT2D eigenvalue weighted by atomic mass is 9.91. The maximum Gasteiger partial charge on any atom is 0.333 e. The summed E-state index contributed by atoms with van der Waals surface area (Å²) in [6.07, 6.45) is 4.34. The van der Waals surface area contributed by atoms with E-state index in [1.165, 1.54) is 0 Å². The van der Waals surface area contributed by atoms with Crippen LogP contribution in [0, 0.1) is 0 Å². The number of ether oxygens (including phenoxy) is 1. The maximum absolute atomic E-state index is 11.4. The van der Waals surface area contributed by atoms with Gasteiger partial charge in [-0.15, -0.1) is 0 Å². The summed E-state index contributed by atoms with van der Waals surface area (Å²) in [5, 5.41) is 0. The second-order valence-electron chi connectivity index (χ2n) is 4.84. The zero-order valence-corrected chi connectivity index (χ0v) is 11.4. The van der Waals surface area contributed by atoms with E-state index in [-0.39, 0.29) is 12.1 Å². The minimum absolute atomic E-state index is 0.103. The molecule has 98 valence electrons. The molecule has 17 heavy (non-hydrogen) atoms. The molecule has 0 heterocycles. The van der Waals surface area contributed by atoms with Crippen molar-refractivity contribution in [3.05, 3.63) is 12.2 Å². The summed E-state index contributed by atoms with van der Waals surface area (Å²) in [6.45, 7) is 11.9. The van der Waals surface area contributed by atoms with E-state index < -0.39 is 0 Å². The highest BCUT2D eigenvalue weighted by Gasteiger charge is 2.26. The second kappa shape index (κ2) is 6.80. The topological polar surface area (TPSA) is 29.5 Å². The Balaban J connectivity index is 2.35. The van der Waals surface area contributed by atoms with Crippen LogP contribution in [0.2, 0.25) is 0 Å². The Morgan fingerprint density at radius 1 is 1.24 bits per heavy atom. The third kappa shape index (κ3) is 4.15. The van der Waals surface area contributed by atoms with Gasteiger partial charge in [0.15, 0.2) is 0 Å². The Kier molecular flexibility index (Phi) is 5.69. The van der Waals surface area contributed by atoms with E-state index >= 15 is 0 Å². The van der Waals surface area contributed by atoms with Crippen LogP contribution in [0.3, 0.4) is 0 Å². The molecule has 1 fully saturated rings. The molecule has 0 radical (unpaired) electrons. The highest BCUT2D eigenvalue weighted by atomic mass is 16.5. The van der Waals surface area contributed by atoms with Crippen LogP contribution in [0.15, 0.2) is 12.2 Å². The van der Waals surface area contributed by atoms with Gasteiger partial charge in [-0.3, -0.25) is 0 Å². The van der Waals surface area contributed by atoms with Crippen molar-refractivity contribution in [2.45, 2.75) is 58.6 Å². The number of rotatable bonds is 5. The van der Waals surface area contributed by atoms with Crippen molar-refractivity contribution in [1.29, 1.82) is 0 Å². The van der Waals surface area contributed by atoms with Gasteiger partial charge in [0.25, 0.3) is 0 Å². The number of carbonyl (C=O) groups is 1.